The zero-order valence-corrected chi connectivity index (χ0v) is 14.2. The predicted octanol–water partition coefficient (Wildman–Crippen LogP) is 4.41. The van der Waals surface area contributed by atoms with Crippen molar-refractivity contribution in [3.63, 3.8) is 0 Å². The van der Waals surface area contributed by atoms with Crippen LogP contribution in [0.3, 0.4) is 0 Å². The molecule has 1 heterocycles. The normalized spacial score (nSPS) is 18.5. The van der Waals surface area contributed by atoms with Crippen molar-refractivity contribution >= 4 is 34.2 Å². The van der Waals surface area contributed by atoms with Crippen LogP contribution < -0.4 is 5.32 Å². The fraction of sp³-hybridized carbons (Fsp3) is 0.600. The number of benzene rings is 1. The molecule has 19 heavy (non-hydrogen) atoms. The van der Waals surface area contributed by atoms with E-state index in [9.17, 15) is 0 Å². The fourth-order valence-corrected chi connectivity index (χ4v) is 3.56. The van der Waals surface area contributed by atoms with E-state index in [1.54, 1.807) is 0 Å². The zero-order valence-electron chi connectivity index (χ0n) is 11.3. The first-order valence-electron chi connectivity index (χ1n) is 6.96. The number of rotatable bonds is 5. The standard InChI is InChI=1S/C15H21ClINO/c1-2-18-15(9-11-5-7-19-8-6-11)13-10-12(16)3-4-14(13)17/h3-4,10-11,15,18H,2,5-9H2,1H3. The molecule has 0 radical (unpaired) electrons. The van der Waals surface area contributed by atoms with Crippen LogP contribution in [0.25, 0.3) is 0 Å². The van der Waals surface area contributed by atoms with Gasteiger partial charge >= 0.3 is 0 Å². The Kier molecular flexibility index (Phi) is 6.39. The van der Waals surface area contributed by atoms with Gasteiger partial charge < -0.3 is 10.1 Å². The molecule has 1 saturated heterocycles. The average Bonchev–Trinajstić information content (AvgIpc) is 2.42. The van der Waals surface area contributed by atoms with E-state index in [1.165, 1.54) is 28.4 Å². The minimum atomic E-state index is 0.402. The molecule has 0 bridgehead atoms. The molecular formula is C15H21ClINO. The van der Waals surface area contributed by atoms with Crippen molar-refractivity contribution in [2.75, 3.05) is 19.8 Å². The van der Waals surface area contributed by atoms with Crippen LogP contribution in [0.4, 0.5) is 0 Å². The Labute approximate surface area is 134 Å². The van der Waals surface area contributed by atoms with Gasteiger partial charge in [0, 0.05) is 27.8 Å². The lowest BCUT2D eigenvalue weighted by molar-refractivity contribution is 0.0605. The van der Waals surface area contributed by atoms with E-state index in [-0.39, 0.29) is 0 Å². The van der Waals surface area contributed by atoms with Crippen molar-refractivity contribution in [2.45, 2.75) is 32.2 Å². The number of nitrogens with one attached hydrogen (secondary N) is 1. The van der Waals surface area contributed by atoms with E-state index in [1.807, 2.05) is 6.07 Å². The summed E-state index contributed by atoms with van der Waals surface area (Å²) in [5.41, 5.74) is 1.33. The average molecular weight is 394 g/mol. The lowest BCUT2D eigenvalue weighted by Gasteiger charge is -2.28. The molecule has 1 unspecified atom stereocenters. The van der Waals surface area contributed by atoms with Crippen molar-refractivity contribution in [1.82, 2.24) is 5.32 Å². The largest absolute Gasteiger partial charge is 0.381 e. The Morgan fingerprint density at radius 3 is 2.84 bits per heavy atom. The molecule has 0 saturated carbocycles. The number of hydrogen-bond acceptors (Lipinski definition) is 2. The molecule has 1 N–H and O–H groups in total. The third-order valence-corrected chi connectivity index (χ3v) is 4.91. The zero-order chi connectivity index (χ0) is 13.7. The number of halogens is 2. The first-order valence-corrected chi connectivity index (χ1v) is 8.42. The number of hydrogen-bond donors (Lipinski definition) is 1. The van der Waals surface area contributed by atoms with Crippen LogP contribution in [-0.2, 0) is 4.74 Å². The molecule has 1 atom stereocenters. The Morgan fingerprint density at radius 1 is 1.42 bits per heavy atom. The summed E-state index contributed by atoms with van der Waals surface area (Å²) in [5, 5.41) is 4.43. The summed E-state index contributed by atoms with van der Waals surface area (Å²) in [4.78, 5) is 0. The van der Waals surface area contributed by atoms with Crippen molar-refractivity contribution in [3.05, 3.63) is 32.4 Å². The highest BCUT2D eigenvalue weighted by atomic mass is 127. The molecule has 1 aromatic carbocycles. The third-order valence-electron chi connectivity index (χ3n) is 3.69. The van der Waals surface area contributed by atoms with Crippen molar-refractivity contribution in [3.8, 4) is 0 Å². The molecule has 0 amide bonds. The first kappa shape index (κ1) is 15.5. The molecule has 2 rings (SSSR count). The van der Waals surface area contributed by atoms with Gasteiger partial charge in [0.2, 0.25) is 0 Å². The lowest BCUT2D eigenvalue weighted by atomic mass is 9.89. The molecular weight excluding hydrogens is 373 g/mol. The van der Waals surface area contributed by atoms with Gasteiger partial charge in [0.25, 0.3) is 0 Å². The van der Waals surface area contributed by atoms with Crippen molar-refractivity contribution in [1.29, 1.82) is 0 Å². The van der Waals surface area contributed by atoms with E-state index < -0.39 is 0 Å². The predicted molar refractivity (Wildman–Crippen MR) is 88.7 cm³/mol. The van der Waals surface area contributed by atoms with E-state index in [0.717, 1.165) is 30.7 Å². The number of ether oxygens (including phenoxy) is 1. The highest BCUT2D eigenvalue weighted by molar-refractivity contribution is 14.1. The van der Waals surface area contributed by atoms with E-state index >= 15 is 0 Å². The molecule has 4 heteroatoms. The van der Waals surface area contributed by atoms with Crippen LogP contribution in [-0.4, -0.2) is 19.8 Å². The molecule has 0 aromatic heterocycles. The Bertz CT molecular complexity index is 407. The maximum atomic E-state index is 6.15. The van der Waals surface area contributed by atoms with Gasteiger partial charge in [-0.15, -0.1) is 0 Å². The molecule has 0 aliphatic carbocycles. The molecule has 1 fully saturated rings. The van der Waals surface area contributed by atoms with Crippen LogP contribution in [0.1, 0.15) is 37.8 Å². The molecule has 2 nitrogen and oxygen atoms in total. The minimum absolute atomic E-state index is 0.402. The topological polar surface area (TPSA) is 21.3 Å². The van der Waals surface area contributed by atoms with Crippen molar-refractivity contribution < 1.29 is 4.74 Å². The van der Waals surface area contributed by atoms with Gasteiger partial charge in [-0.05, 0) is 78.1 Å². The van der Waals surface area contributed by atoms with E-state index in [2.05, 4.69) is 47.0 Å². The highest BCUT2D eigenvalue weighted by Crippen LogP contribution is 2.31. The summed E-state index contributed by atoms with van der Waals surface area (Å²) < 4.78 is 6.74. The molecule has 1 aliphatic heterocycles. The Balaban J connectivity index is 2.11. The summed E-state index contributed by atoms with van der Waals surface area (Å²) in [6.07, 6.45) is 3.53. The maximum Gasteiger partial charge on any atom is 0.0468 e. The first-order chi connectivity index (χ1) is 9.20. The van der Waals surface area contributed by atoms with E-state index in [0.29, 0.717) is 6.04 Å². The van der Waals surface area contributed by atoms with Gasteiger partial charge in [-0.1, -0.05) is 18.5 Å². The van der Waals surface area contributed by atoms with Crippen LogP contribution in [0, 0.1) is 9.49 Å². The quantitative estimate of drug-likeness (QED) is 0.748. The van der Waals surface area contributed by atoms with Crippen molar-refractivity contribution in [2.24, 2.45) is 5.92 Å². The minimum Gasteiger partial charge on any atom is -0.381 e. The van der Waals surface area contributed by atoms with Gasteiger partial charge in [-0.25, -0.2) is 0 Å². The van der Waals surface area contributed by atoms with Crippen LogP contribution in [0.2, 0.25) is 5.02 Å². The second-order valence-corrected chi connectivity index (χ2v) is 6.67. The monoisotopic (exact) mass is 393 g/mol. The molecule has 1 aromatic rings. The second-order valence-electron chi connectivity index (χ2n) is 5.07. The summed E-state index contributed by atoms with van der Waals surface area (Å²) >= 11 is 8.56. The van der Waals surface area contributed by atoms with Gasteiger partial charge in [-0.2, -0.15) is 0 Å². The molecule has 1 aliphatic rings. The van der Waals surface area contributed by atoms with Crippen LogP contribution in [0.15, 0.2) is 18.2 Å². The van der Waals surface area contributed by atoms with Gasteiger partial charge in [0.15, 0.2) is 0 Å². The Hall–Kier alpha value is 0.160. The van der Waals surface area contributed by atoms with E-state index in [4.69, 9.17) is 16.3 Å². The second kappa shape index (κ2) is 7.81. The summed E-state index contributed by atoms with van der Waals surface area (Å²) in [5.74, 6) is 0.757. The van der Waals surface area contributed by atoms with Gasteiger partial charge in [-0.3, -0.25) is 0 Å². The summed E-state index contributed by atoms with van der Waals surface area (Å²) in [6.45, 7) is 4.97. The highest BCUT2D eigenvalue weighted by Gasteiger charge is 2.21. The van der Waals surface area contributed by atoms with Crippen LogP contribution >= 0.6 is 34.2 Å². The fourth-order valence-electron chi connectivity index (χ4n) is 2.66. The summed E-state index contributed by atoms with van der Waals surface area (Å²) in [6, 6.07) is 6.58. The van der Waals surface area contributed by atoms with Crippen LogP contribution in [0.5, 0.6) is 0 Å². The lowest BCUT2D eigenvalue weighted by Crippen LogP contribution is -2.26. The Morgan fingerprint density at radius 2 is 2.16 bits per heavy atom. The smallest absolute Gasteiger partial charge is 0.0468 e. The van der Waals surface area contributed by atoms with Gasteiger partial charge in [0.1, 0.15) is 0 Å². The van der Waals surface area contributed by atoms with Gasteiger partial charge in [0.05, 0.1) is 0 Å². The molecule has 0 spiro atoms. The summed E-state index contributed by atoms with van der Waals surface area (Å²) in [7, 11) is 0. The molecule has 106 valence electrons. The SMILES string of the molecule is CCNC(CC1CCOCC1)c1cc(Cl)ccc1I. The third kappa shape index (κ3) is 4.59. The maximum absolute atomic E-state index is 6.15.